The molecule has 1 unspecified atom stereocenters. The summed E-state index contributed by atoms with van der Waals surface area (Å²) < 4.78 is 5.72. The van der Waals surface area contributed by atoms with Gasteiger partial charge in [0.2, 0.25) is 0 Å². The van der Waals surface area contributed by atoms with Gasteiger partial charge in [0.15, 0.2) is 0 Å². The molecule has 2 heteroatoms. The lowest BCUT2D eigenvalue weighted by Gasteiger charge is -2.17. The molecule has 164 valence electrons. The van der Waals surface area contributed by atoms with E-state index in [1.165, 1.54) is 0 Å². The van der Waals surface area contributed by atoms with E-state index in [2.05, 4.69) is 62.5 Å². The molecule has 1 aromatic rings. The summed E-state index contributed by atoms with van der Waals surface area (Å²) in [5.41, 5.74) is 1.09. The Balaban J connectivity index is 2.10. The molecule has 1 atom stereocenters. The Labute approximate surface area is 184 Å². The molecule has 0 aliphatic carbocycles. The van der Waals surface area contributed by atoms with Gasteiger partial charge in [-0.1, -0.05) is 99.2 Å². The van der Waals surface area contributed by atoms with Crippen molar-refractivity contribution in [3.05, 3.63) is 84.5 Å². The van der Waals surface area contributed by atoms with Gasteiger partial charge >= 0.3 is 5.97 Å². The third-order valence-electron chi connectivity index (χ3n) is 4.72. The number of benzene rings is 1. The van der Waals surface area contributed by atoms with Crippen molar-refractivity contribution >= 4 is 5.97 Å². The van der Waals surface area contributed by atoms with Crippen molar-refractivity contribution in [1.82, 2.24) is 0 Å². The molecular formula is C28H40O2. The molecule has 0 amide bonds. The van der Waals surface area contributed by atoms with Gasteiger partial charge in [-0.2, -0.15) is 0 Å². The summed E-state index contributed by atoms with van der Waals surface area (Å²) in [7, 11) is 0. The van der Waals surface area contributed by atoms with Crippen LogP contribution in [0.2, 0.25) is 0 Å². The van der Waals surface area contributed by atoms with Crippen LogP contribution in [0.25, 0.3) is 0 Å². The molecule has 2 nitrogen and oxygen atoms in total. The predicted molar refractivity (Wildman–Crippen MR) is 129 cm³/mol. The van der Waals surface area contributed by atoms with Crippen LogP contribution in [0.5, 0.6) is 0 Å². The largest absolute Gasteiger partial charge is 0.457 e. The van der Waals surface area contributed by atoms with E-state index in [9.17, 15) is 4.79 Å². The standard InChI is InChI=1S/C28H40O2/c1-3-5-6-7-8-9-10-11-12-13-14-15-16-17-21-25-28(29)30-27(22-4-2)26-23-19-18-20-24-26/h5-6,8-9,11-12,14-15,18-20,23-24,27H,3-4,7,10,13,16-17,21-22,25H2,1-2H3/b6-5-,9-8-,12-11-,15-14-. The zero-order valence-electron chi connectivity index (χ0n) is 19.0. The third kappa shape index (κ3) is 13.8. The van der Waals surface area contributed by atoms with Crippen molar-refractivity contribution in [3.63, 3.8) is 0 Å². The molecule has 0 spiro atoms. The van der Waals surface area contributed by atoms with E-state index in [0.29, 0.717) is 6.42 Å². The fourth-order valence-corrected chi connectivity index (χ4v) is 3.07. The van der Waals surface area contributed by atoms with E-state index in [4.69, 9.17) is 4.74 Å². The summed E-state index contributed by atoms with van der Waals surface area (Å²) in [5.74, 6) is -0.0811. The van der Waals surface area contributed by atoms with Crippen molar-refractivity contribution in [1.29, 1.82) is 0 Å². The number of hydrogen-bond donors (Lipinski definition) is 0. The number of ether oxygens (including phenoxy) is 1. The first-order valence-electron chi connectivity index (χ1n) is 11.6. The lowest BCUT2D eigenvalue weighted by molar-refractivity contribution is -0.150. The second-order valence-corrected chi connectivity index (χ2v) is 7.42. The highest BCUT2D eigenvalue weighted by atomic mass is 16.5. The van der Waals surface area contributed by atoms with E-state index in [1.54, 1.807) is 0 Å². The summed E-state index contributed by atoms with van der Waals surface area (Å²) in [4.78, 5) is 12.2. The molecule has 0 heterocycles. The number of hydrogen-bond acceptors (Lipinski definition) is 2. The molecular weight excluding hydrogens is 368 g/mol. The Morgan fingerprint density at radius 3 is 2.03 bits per heavy atom. The average Bonchev–Trinajstić information content (AvgIpc) is 2.76. The van der Waals surface area contributed by atoms with Crippen molar-refractivity contribution in [3.8, 4) is 0 Å². The molecule has 0 aliphatic heterocycles. The molecule has 1 aromatic carbocycles. The minimum atomic E-state index is -0.113. The summed E-state index contributed by atoms with van der Waals surface area (Å²) in [6.07, 6.45) is 26.9. The number of carbonyl (C=O) groups is 1. The number of allylic oxidation sites excluding steroid dienone is 8. The van der Waals surface area contributed by atoms with Crippen LogP contribution in [0.15, 0.2) is 78.9 Å². The number of esters is 1. The Morgan fingerprint density at radius 2 is 1.43 bits per heavy atom. The molecule has 0 fully saturated rings. The van der Waals surface area contributed by atoms with Gasteiger partial charge in [0.1, 0.15) is 6.10 Å². The number of carbonyl (C=O) groups excluding carboxylic acids is 1. The maximum Gasteiger partial charge on any atom is 0.306 e. The van der Waals surface area contributed by atoms with Gasteiger partial charge in [-0.3, -0.25) is 4.79 Å². The van der Waals surface area contributed by atoms with E-state index < -0.39 is 0 Å². The van der Waals surface area contributed by atoms with Gasteiger partial charge in [0, 0.05) is 6.42 Å². The van der Waals surface area contributed by atoms with Gasteiger partial charge in [0.05, 0.1) is 0 Å². The Morgan fingerprint density at radius 1 is 0.833 bits per heavy atom. The minimum absolute atomic E-state index is 0.0811. The molecule has 0 aromatic heterocycles. The van der Waals surface area contributed by atoms with Gasteiger partial charge < -0.3 is 4.74 Å². The highest BCUT2D eigenvalue weighted by Gasteiger charge is 2.15. The first kappa shape index (κ1) is 25.7. The highest BCUT2D eigenvalue weighted by Crippen LogP contribution is 2.23. The maximum absolute atomic E-state index is 12.2. The summed E-state index contributed by atoms with van der Waals surface area (Å²) in [5, 5.41) is 0. The first-order valence-corrected chi connectivity index (χ1v) is 11.6. The zero-order valence-corrected chi connectivity index (χ0v) is 19.0. The second kappa shape index (κ2) is 18.7. The highest BCUT2D eigenvalue weighted by molar-refractivity contribution is 5.69. The number of rotatable bonds is 16. The van der Waals surface area contributed by atoms with Gasteiger partial charge in [-0.15, -0.1) is 0 Å². The second-order valence-electron chi connectivity index (χ2n) is 7.42. The van der Waals surface area contributed by atoms with Crippen LogP contribution in [0, 0.1) is 0 Å². The number of unbranched alkanes of at least 4 members (excludes halogenated alkanes) is 2. The zero-order chi connectivity index (χ0) is 21.7. The van der Waals surface area contributed by atoms with Gasteiger partial charge in [0.25, 0.3) is 0 Å². The minimum Gasteiger partial charge on any atom is -0.457 e. The molecule has 0 saturated carbocycles. The molecule has 30 heavy (non-hydrogen) atoms. The van der Waals surface area contributed by atoms with Crippen molar-refractivity contribution in [2.24, 2.45) is 0 Å². The van der Waals surface area contributed by atoms with E-state index in [1.807, 2.05) is 30.3 Å². The molecule has 0 saturated heterocycles. The van der Waals surface area contributed by atoms with Crippen LogP contribution in [0.1, 0.15) is 89.7 Å². The smallest absolute Gasteiger partial charge is 0.306 e. The van der Waals surface area contributed by atoms with Crippen LogP contribution in [-0.2, 0) is 9.53 Å². The van der Waals surface area contributed by atoms with Gasteiger partial charge in [-0.25, -0.2) is 0 Å². The molecule has 1 rings (SSSR count). The molecule has 0 N–H and O–H groups in total. The quantitative estimate of drug-likeness (QED) is 0.156. The SMILES string of the molecule is CC/C=C\C/C=C\C/C=C\C/C=C\CCCCC(=O)OC(CCC)c1ccccc1. The Hall–Kier alpha value is -2.35. The lowest BCUT2D eigenvalue weighted by Crippen LogP contribution is -2.11. The topological polar surface area (TPSA) is 26.3 Å². The van der Waals surface area contributed by atoms with Crippen molar-refractivity contribution in [2.45, 2.75) is 84.2 Å². The van der Waals surface area contributed by atoms with Gasteiger partial charge in [-0.05, 0) is 56.9 Å². The van der Waals surface area contributed by atoms with Crippen LogP contribution in [0.3, 0.4) is 0 Å². The predicted octanol–water partition coefficient (Wildman–Crippen LogP) is 8.44. The molecule has 0 aliphatic rings. The normalized spacial score (nSPS) is 13.1. The lowest BCUT2D eigenvalue weighted by atomic mass is 10.1. The monoisotopic (exact) mass is 408 g/mol. The molecule has 0 bridgehead atoms. The fraction of sp³-hybridized carbons (Fsp3) is 0.464. The van der Waals surface area contributed by atoms with Crippen molar-refractivity contribution < 1.29 is 9.53 Å². The summed E-state index contributed by atoms with van der Waals surface area (Å²) >= 11 is 0. The fourth-order valence-electron chi connectivity index (χ4n) is 3.07. The van der Waals surface area contributed by atoms with Crippen LogP contribution < -0.4 is 0 Å². The summed E-state index contributed by atoms with van der Waals surface area (Å²) in [6.45, 7) is 4.27. The van der Waals surface area contributed by atoms with E-state index >= 15 is 0 Å². The van der Waals surface area contributed by atoms with Crippen LogP contribution in [-0.4, -0.2) is 5.97 Å². The van der Waals surface area contributed by atoms with Crippen LogP contribution in [0.4, 0.5) is 0 Å². The first-order chi connectivity index (χ1) is 14.8. The molecule has 0 radical (unpaired) electrons. The Kier molecular flexibility index (Phi) is 16.0. The Bertz CT molecular complexity index is 652. The van der Waals surface area contributed by atoms with Crippen molar-refractivity contribution in [2.75, 3.05) is 0 Å². The van der Waals surface area contributed by atoms with E-state index in [0.717, 1.165) is 63.4 Å². The van der Waals surface area contributed by atoms with Crippen LogP contribution >= 0.6 is 0 Å². The van der Waals surface area contributed by atoms with E-state index in [-0.39, 0.29) is 12.1 Å². The average molecular weight is 409 g/mol. The maximum atomic E-state index is 12.2. The summed E-state index contributed by atoms with van der Waals surface area (Å²) in [6, 6.07) is 10.1. The third-order valence-corrected chi connectivity index (χ3v) is 4.72.